The lowest BCUT2D eigenvalue weighted by Crippen LogP contribution is -2.46. The van der Waals surface area contributed by atoms with Crippen molar-refractivity contribution in [3.63, 3.8) is 0 Å². The van der Waals surface area contributed by atoms with Gasteiger partial charge in [-0.1, -0.05) is 19.3 Å². The second-order valence-electron chi connectivity index (χ2n) is 5.30. The highest BCUT2D eigenvalue weighted by Crippen LogP contribution is 2.45. The maximum Gasteiger partial charge on any atom is 0.136 e. The van der Waals surface area contributed by atoms with E-state index in [-0.39, 0.29) is 5.41 Å². The molecule has 1 N–H and O–H groups in total. The van der Waals surface area contributed by atoms with Crippen LogP contribution >= 0.6 is 0 Å². The number of Topliss-reactive ketones (excluding diaryl/α,β-unsaturated/α-hetero) is 1. The standard InChI is InChI=1S/C13H23NO/c1-11(15)13(7-9-14-10-8-13)12-5-3-2-4-6-12/h12,14H,2-10H2,1H3. The van der Waals surface area contributed by atoms with Crippen LogP contribution in [0.5, 0.6) is 0 Å². The fourth-order valence-corrected chi connectivity index (χ4v) is 3.58. The van der Waals surface area contributed by atoms with Gasteiger partial charge in [-0.05, 0) is 51.6 Å². The van der Waals surface area contributed by atoms with Crippen LogP contribution in [0.3, 0.4) is 0 Å². The van der Waals surface area contributed by atoms with Crippen LogP contribution in [0.25, 0.3) is 0 Å². The van der Waals surface area contributed by atoms with E-state index in [1.165, 1.54) is 32.1 Å². The third-order valence-electron chi connectivity index (χ3n) is 4.58. The van der Waals surface area contributed by atoms with Gasteiger partial charge in [0.1, 0.15) is 5.78 Å². The summed E-state index contributed by atoms with van der Waals surface area (Å²) in [6.07, 6.45) is 8.79. The number of hydrogen-bond donors (Lipinski definition) is 1. The molecule has 2 nitrogen and oxygen atoms in total. The van der Waals surface area contributed by atoms with Gasteiger partial charge in [0.05, 0.1) is 0 Å². The van der Waals surface area contributed by atoms with Crippen LogP contribution in [0.4, 0.5) is 0 Å². The second kappa shape index (κ2) is 4.65. The van der Waals surface area contributed by atoms with Crippen LogP contribution in [0.2, 0.25) is 0 Å². The van der Waals surface area contributed by atoms with Gasteiger partial charge < -0.3 is 5.32 Å². The Morgan fingerprint density at radius 3 is 2.27 bits per heavy atom. The van der Waals surface area contributed by atoms with E-state index < -0.39 is 0 Å². The first-order valence-corrected chi connectivity index (χ1v) is 6.47. The van der Waals surface area contributed by atoms with Crippen molar-refractivity contribution in [2.75, 3.05) is 13.1 Å². The van der Waals surface area contributed by atoms with E-state index in [4.69, 9.17) is 0 Å². The minimum absolute atomic E-state index is 0.0473. The zero-order valence-corrected chi connectivity index (χ0v) is 9.85. The average molecular weight is 209 g/mol. The summed E-state index contributed by atoms with van der Waals surface area (Å²) in [6, 6.07) is 0. The van der Waals surface area contributed by atoms with Crippen molar-refractivity contribution in [3.05, 3.63) is 0 Å². The minimum atomic E-state index is 0.0473. The molecule has 0 aromatic rings. The van der Waals surface area contributed by atoms with Gasteiger partial charge in [0.25, 0.3) is 0 Å². The van der Waals surface area contributed by atoms with Gasteiger partial charge >= 0.3 is 0 Å². The summed E-state index contributed by atoms with van der Waals surface area (Å²) in [5.74, 6) is 1.14. The highest BCUT2D eigenvalue weighted by molar-refractivity contribution is 5.82. The van der Waals surface area contributed by atoms with Gasteiger partial charge in [0.2, 0.25) is 0 Å². The van der Waals surface area contributed by atoms with Crippen molar-refractivity contribution in [1.29, 1.82) is 0 Å². The third kappa shape index (κ3) is 2.10. The Morgan fingerprint density at radius 1 is 1.13 bits per heavy atom. The van der Waals surface area contributed by atoms with Gasteiger partial charge in [-0.15, -0.1) is 0 Å². The number of carbonyl (C=O) groups excluding carboxylic acids is 1. The first-order valence-electron chi connectivity index (χ1n) is 6.47. The lowest BCUT2D eigenvalue weighted by atomic mass is 9.62. The van der Waals surface area contributed by atoms with E-state index in [1.54, 1.807) is 0 Å². The van der Waals surface area contributed by atoms with E-state index in [9.17, 15) is 4.79 Å². The Bertz CT molecular complexity index is 225. The van der Waals surface area contributed by atoms with E-state index in [2.05, 4.69) is 5.32 Å². The number of rotatable bonds is 2. The predicted molar refractivity (Wildman–Crippen MR) is 61.8 cm³/mol. The SMILES string of the molecule is CC(=O)C1(C2CCCCC2)CCNCC1. The molecule has 0 unspecified atom stereocenters. The highest BCUT2D eigenvalue weighted by Gasteiger charge is 2.43. The van der Waals surface area contributed by atoms with Gasteiger partial charge in [-0.2, -0.15) is 0 Å². The van der Waals surface area contributed by atoms with Crippen molar-refractivity contribution in [1.82, 2.24) is 5.32 Å². The molecule has 2 rings (SSSR count). The van der Waals surface area contributed by atoms with Crippen LogP contribution in [0.15, 0.2) is 0 Å². The summed E-state index contributed by atoms with van der Waals surface area (Å²) in [5, 5.41) is 3.38. The first-order chi connectivity index (χ1) is 7.26. The predicted octanol–water partition coefficient (Wildman–Crippen LogP) is 2.53. The van der Waals surface area contributed by atoms with Gasteiger partial charge in [-0.25, -0.2) is 0 Å². The smallest absolute Gasteiger partial charge is 0.136 e. The summed E-state index contributed by atoms with van der Waals surface area (Å²) < 4.78 is 0. The molecule has 0 bridgehead atoms. The fourth-order valence-electron chi connectivity index (χ4n) is 3.58. The Labute approximate surface area is 92.8 Å². The van der Waals surface area contributed by atoms with E-state index >= 15 is 0 Å². The molecule has 1 aliphatic heterocycles. The summed E-state index contributed by atoms with van der Waals surface area (Å²) in [7, 11) is 0. The molecule has 0 radical (unpaired) electrons. The molecule has 1 heterocycles. The van der Waals surface area contributed by atoms with Crippen molar-refractivity contribution in [3.8, 4) is 0 Å². The summed E-state index contributed by atoms with van der Waals surface area (Å²) in [4.78, 5) is 12.0. The number of hydrogen-bond acceptors (Lipinski definition) is 2. The lowest BCUT2D eigenvalue weighted by molar-refractivity contribution is -0.132. The molecular formula is C13H23NO. The van der Waals surface area contributed by atoms with Gasteiger partial charge in [0.15, 0.2) is 0 Å². The van der Waals surface area contributed by atoms with Crippen molar-refractivity contribution in [2.24, 2.45) is 11.3 Å². The molecule has 1 saturated heterocycles. The van der Waals surface area contributed by atoms with Crippen LogP contribution < -0.4 is 5.32 Å². The topological polar surface area (TPSA) is 29.1 Å². The zero-order chi connectivity index (χ0) is 10.7. The van der Waals surface area contributed by atoms with Crippen molar-refractivity contribution < 1.29 is 4.79 Å². The third-order valence-corrected chi connectivity index (χ3v) is 4.58. The maximum absolute atomic E-state index is 12.0. The molecule has 15 heavy (non-hydrogen) atoms. The summed E-state index contributed by atoms with van der Waals surface area (Å²) in [5.41, 5.74) is 0.0473. The average Bonchev–Trinajstić information content (AvgIpc) is 2.31. The summed E-state index contributed by atoms with van der Waals surface area (Å²) in [6.45, 7) is 3.89. The quantitative estimate of drug-likeness (QED) is 0.757. The molecule has 0 atom stereocenters. The van der Waals surface area contributed by atoms with Crippen LogP contribution in [-0.4, -0.2) is 18.9 Å². The normalized spacial score (nSPS) is 27.5. The molecule has 0 aromatic heterocycles. The number of nitrogens with one attached hydrogen (secondary N) is 1. The second-order valence-corrected chi connectivity index (χ2v) is 5.30. The first kappa shape index (κ1) is 11.1. The molecule has 2 heteroatoms. The molecule has 2 fully saturated rings. The Balaban J connectivity index is 2.12. The van der Waals surface area contributed by atoms with Crippen molar-refractivity contribution in [2.45, 2.75) is 51.9 Å². The molecule has 1 saturated carbocycles. The Hall–Kier alpha value is -0.370. The zero-order valence-electron chi connectivity index (χ0n) is 9.85. The van der Waals surface area contributed by atoms with Crippen molar-refractivity contribution >= 4 is 5.78 Å². The molecule has 0 aromatic carbocycles. The van der Waals surface area contributed by atoms with Crippen LogP contribution in [-0.2, 0) is 4.79 Å². The fraction of sp³-hybridized carbons (Fsp3) is 0.923. The number of ketones is 1. The minimum Gasteiger partial charge on any atom is -0.317 e. The Morgan fingerprint density at radius 2 is 1.73 bits per heavy atom. The largest absolute Gasteiger partial charge is 0.317 e. The van der Waals surface area contributed by atoms with E-state index in [0.29, 0.717) is 11.7 Å². The van der Waals surface area contributed by atoms with Crippen LogP contribution in [0.1, 0.15) is 51.9 Å². The monoisotopic (exact) mass is 209 g/mol. The summed E-state index contributed by atoms with van der Waals surface area (Å²) >= 11 is 0. The molecule has 0 spiro atoms. The van der Waals surface area contributed by atoms with Crippen LogP contribution in [0, 0.1) is 11.3 Å². The van der Waals surface area contributed by atoms with Gasteiger partial charge in [-0.3, -0.25) is 4.79 Å². The lowest BCUT2D eigenvalue weighted by Gasteiger charge is -2.43. The Kier molecular flexibility index (Phi) is 3.45. The molecule has 2 aliphatic rings. The van der Waals surface area contributed by atoms with Gasteiger partial charge in [0, 0.05) is 5.41 Å². The van der Waals surface area contributed by atoms with E-state index in [0.717, 1.165) is 25.9 Å². The molecule has 0 amide bonds. The number of piperidine rings is 1. The highest BCUT2D eigenvalue weighted by atomic mass is 16.1. The molecule has 1 aliphatic carbocycles. The van der Waals surface area contributed by atoms with E-state index in [1.807, 2.05) is 6.92 Å². The maximum atomic E-state index is 12.0. The molecular weight excluding hydrogens is 186 g/mol. The molecule has 86 valence electrons. The number of carbonyl (C=O) groups is 1.